The third-order valence-electron chi connectivity index (χ3n) is 5.84. The zero-order valence-electron chi connectivity index (χ0n) is 17.8. The lowest BCUT2D eigenvalue weighted by atomic mass is 10.0. The van der Waals surface area contributed by atoms with Gasteiger partial charge in [0.2, 0.25) is 0 Å². The van der Waals surface area contributed by atoms with Crippen molar-refractivity contribution in [3.63, 3.8) is 0 Å². The van der Waals surface area contributed by atoms with E-state index in [-0.39, 0.29) is 6.54 Å². The van der Waals surface area contributed by atoms with E-state index in [1.54, 1.807) is 42.3 Å². The molecule has 1 aliphatic rings. The average molecular weight is 438 g/mol. The molecule has 0 aliphatic carbocycles. The average Bonchev–Trinajstić information content (AvgIpc) is 3.12. The maximum absolute atomic E-state index is 12.4. The van der Waals surface area contributed by atoms with Crippen LogP contribution in [0.15, 0.2) is 48.8 Å². The highest BCUT2D eigenvalue weighted by Gasteiger charge is 2.33. The van der Waals surface area contributed by atoms with Crippen LogP contribution in [-0.4, -0.2) is 74.8 Å². The minimum absolute atomic E-state index is 0.243. The first-order valence-electron chi connectivity index (χ1n) is 10.4. The topological polar surface area (TPSA) is 108 Å². The van der Waals surface area contributed by atoms with Crippen LogP contribution in [0.2, 0.25) is 0 Å². The summed E-state index contributed by atoms with van der Waals surface area (Å²) in [6.07, 6.45) is 3.42. The Morgan fingerprint density at radius 3 is 2.53 bits per heavy atom. The van der Waals surface area contributed by atoms with Gasteiger partial charge in [-0.15, -0.1) is 0 Å². The number of carbonyl (C=O) groups is 2. The van der Waals surface area contributed by atoms with Crippen LogP contribution in [0.25, 0.3) is 10.9 Å². The molecule has 0 amide bonds. The van der Waals surface area contributed by atoms with Crippen molar-refractivity contribution < 1.29 is 24.5 Å². The van der Waals surface area contributed by atoms with Crippen molar-refractivity contribution in [2.24, 2.45) is 0 Å². The van der Waals surface area contributed by atoms with E-state index in [0.29, 0.717) is 35.3 Å². The molecule has 0 radical (unpaired) electrons. The standard InChI is InChI=1S/C23H26N4O5/c1-32-17-5-6-20-18(12-17)19(14-27(20)15-21(28)29)22(23(30)31)26-10-8-25(9-11-26)13-16-4-2-3-7-24-16/h2-7,12,14,22H,8-11,13,15H2,1H3,(H,28,29)(H,30,31)/t22-/m1/s1. The molecule has 0 bridgehead atoms. The van der Waals surface area contributed by atoms with Crippen LogP contribution < -0.4 is 4.74 Å². The Morgan fingerprint density at radius 1 is 1.12 bits per heavy atom. The molecule has 4 rings (SSSR count). The first-order chi connectivity index (χ1) is 15.5. The number of rotatable bonds is 8. The van der Waals surface area contributed by atoms with E-state index >= 15 is 0 Å². The Bertz CT molecular complexity index is 1110. The van der Waals surface area contributed by atoms with Crippen LogP contribution in [0.1, 0.15) is 17.3 Å². The van der Waals surface area contributed by atoms with Gasteiger partial charge in [0.25, 0.3) is 0 Å². The summed E-state index contributed by atoms with van der Waals surface area (Å²) >= 11 is 0. The van der Waals surface area contributed by atoms with Gasteiger partial charge in [-0.05, 0) is 30.3 Å². The molecule has 2 N–H and O–H groups in total. The molecule has 3 heterocycles. The van der Waals surface area contributed by atoms with Gasteiger partial charge in [-0.25, -0.2) is 0 Å². The summed E-state index contributed by atoms with van der Waals surface area (Å²) in [5.74, 6) is -1.35. The minimum Gasteiger partial charge on any atom is -0.497 e. The molecule has 2 aromatic heterocycles. The number of ether oxygens (including phenoxy) is 1. The lowest BCUT2D eigenvalue weighted by Gasteiger charge is -2.37. The normalized spacial score (nSPS) is 16.2. The smallest absolute Gasteiger partial charge is 0.325 e. The van der Waals surface area contributed by atoms with E-state index in [1.165, 1.54) is 0 Å². The molecule has 32 heavy (non-hydrogen) atoms. The zero-order chi connectivity index (χ0) is 22.7. The van der Waals surface area contributed by atoms with E-state index in [9.17, 15) is 19.8 Å². The molecular formula is C23H26N4O5. The van der Waals surface area contributed by atoms with Crippen LogP contribution in [-0.2, 0) is 22.7 Å². The maximum atomic E-state index is 12.4. The maximum Gasteiger partial charge on any atom is 0.325 e. The van der Waals surface area contributed by atoms with Crippen LogP contribution in [0.5, 0.6) is 5.75 Å². The summed E-state index contributed by atoms with van der Waals surface area (Å²) in [7, 11) is 1.55. The van der Waals surface area contributed by atoms with Crippen LogP contribution in [0.3, 0.4) is 0 Å². The number of carboxylic acid groups (broad SMARTS) is 2. The van der Waals surface area contributed by atoms with Gasteiger partial charge in [0.15, 0.2) is 0 Å². The Hall–Kier alpha value is -3.43. The second-order valence-corrected chi connectivity index (χ2v) is 7.86. The van der Waals surface area contributed by atoms with Crippen molar-refractivity contribution >= 4 is 22.8 Å². The molecular weight excluding hydrogens is 412 g/mol. The van der Waals surface area contributed by atoms with Crippen LogP contribution >= 0.6 is 0 Å². The fourth-order valence-corrected chi connectivity index (χ4v) is 4.31. The monoisotopic (exact) mass is 438 g/mol. The summed E-state index contributed by atoms with van der Waals surface area (Å²) in [6.45, 7) is 3.09. The van der Waals surface area contributed by atoms with Gasteiger partial charge in [-0.3, -0.25) is 24.4 Å². The first-order valence-corrected chi connectivity index (χ1v) is 10.4. The Balaban J connectivity index is 1.60. The number of hydrogen-bond donors (Lipinski definition) is 2. The number of hydrogen-bond acceptors (Lipinski definition) is 6. The lowest BCUT2D eigenvalue weighted by molar-refractivity contribution is -0.144. The largest absolute Gasteiger partial charge is 0.497 e. The molecule has 0 saturated carbocycles. The number of carboxylic acids is 2. The number of benzene rings is 1. The molecule has 1 saturated heterocycles. The zero-order valence-corrected chi connectivity index (χ0v) is 17.8. The van der Waals surface area contributed by atoms with E-state index in [2.05, 4.69) is 9.88 Å². The van der Waals surface area contributed by atoms with Gasteiger partial charge in [-0.2, -0.15) is 0 Å². The Labute approximate surface area is 185 Å². The highest BCUT2D eigenvalue weighted by Crippen LogP contribution is 2.33. The fourth-order valence-electron chi connectivity index (χ4n) is 4.31. The lowest BCUT2D eigenvalue weighted by Crippen LogP contribution is -2.48. The van der Waals surface area contributed by atoms with Gasteiger partial charge in [0.1, 0.15) is 18.3 Å². The summed E-state index contributed by atoms with van der Waals surface area (Å²) in [5.41, 5.74) is 2.23. The second kappa shape index (κ2) is 9.37. The molecule has 0 spiro atoms. The Morgan fingerprint density at radius 2 is 1.91 bits per heavy atom. The van der Waals surface area contributed by atoms with E-state index in [0.717, 1.165) is 25.3 Å². The van der Waals surface area contributed by atoms with Crippen molar-refractivity contribution in [3.8, 4) is 5.75 Å². The highest BCUT2D eigenvalue weighted by molar-refractivity contribution is 5.91. The number of fused-ring (bicyclic) bond motifs is 1. The summed E-state index contributed by atoms with van der Waals surface area (Å²) in [5, 5.41) is 20.1. The summed E-state index contributed by atoms with van der Waals surface area (Å²) in [6, 6.07) is 10.2. The summed E-state index contributed by atoms with van der Waals surface area (Å²) in [4.78, 5) is 32.3. The SMILES string of the molecule is COc1ccc2c(c1)c([C@H](C(=O)O)N1CCN(Cc3ccccn3)CC1)cn2CC(=O)O. The Kier molecular flexibility index (Phi) is 6.38. The van der Waals surface area contributed by atoms with Crippen molar-refractivity contribution in [3.05, 3.63) is 60.0 Å². The third-order valence-corrected chi connectivity index (χ3v) is 5.84. The van der Waals surface area contributed by atoms with Crippen molar-refractivity contribution in [1.29, 1.82) is 0 Å². The molecule has 3 aromatic rings. The van der Waals surface area contributed by atoms with Gasteiger partial charge in [-0.1, -0.05) is 6.07 Å². The van der Waals surface area contributed by atoms with Crippen molar-refractivity contribution in [2.45, 2.75) is 19.1 Å². The van der Waals surface area contributed by atoms with Crippen LogP contribution in [0.4, 0.5) is 0 Å². The third kappa shape index (κ3) is 4.58. The molecule has 1 atom stereocenters. The first kappa shape index (κ1) is 21.8. The van der Waals surface area contributed by atoms with Gasteiger partial charge >= 0.3 is 11.9 Å². The predicted molar refractivity (Wildman–Crippen MR) is 118 cm³/mol. The molecule has 168 valence electrons. The van der Waals surface area contributed by atoms with Gasteiger partial charge in [0, 0.05) is 61.6 Å². The number of methoxy groups -OCH3 is 1. The molecule has 0 unspecified atom stereocenters. The number of aliphatic carboxylic acids is 2. The van der Waals surface area contributed by atoms with Gasteiger partial charge < -0.3 is 19.5 Å². The highest BCUT2D eigenvalue weighted by atomic mass is 16.5. The fraction of sp³-hybridized carbons (Fsp3) is 0.348. The molecule has 9 heteroatoms. The molecule has 1 fully saturated rings. The predicted octanol–water partition coefficient (Wildman–Crippen LogP) is 2.07. The number of nitrogens with zero attached hydrogens (tertiary/aromatic N) is 4. The number of aromatic nitrogens is 2. The molecule has 1 aromatic carbocycles. The van der Waals surface area contributed by atoms with E-state index < -0.39 is 18.0 Å². The van der Waals surface area contributed by atoms with Crippen molar-refractivity contribution in [1.82, 2.24) is 19.4 Å². The minimum atomic E-state index is -0.987. The quantitative estimate of drug-likeness (QED) is 0.550. The second-order valence-electron chi connectivity index (χ2n) is 7.86. The van der Waals surface area contributed by atoms with Crippen LogP contribution in [0, 0.1) is 0 Å². The van der Waals surface area contributed by atoms with E-state index in [1.807, 2.05) is 23.1 Å². The number of pyridine rings is 1. The van der Waals surface area contributed by atoms with Crippen molar-refractivity contribution in [2.75, 3.05) is 33.3 Å². The summed E-state index contributed by atoms with van der Waals surface area (Å²) < 4.78 is 6.91. The molecule has 9 nitrogen and oxygen atoms in total. The van der Waals surface area contributed by atoms with E-state index in [4.69, 9.17) is 4.74 Å². The van der Waals surface area contributed by atoms with Gasteiger partial charge in [0.05, 0.1) is 12.8 Å². The number of piperazine rings is 1. The molecule has 1 aliphatic heterocycles.